The molecule has 0 amide bonds. The second-order valence-electron chi connectivity index (χ2n) is 4.89. The minimum absolute atomic E-state index is 0.783. The molecule has 1 N–H and O–H groups in total. The van der Waals surface area contributed by atoms with Gasteiger partial charge in [0.2, 0.25) is 0 Å². The number of benzene rings is 1. The predicted molar refractivity (Wildman–Crippen MR) is 82.1 cm³/mol. The van der Waals surface area contributed by atoms with Crippen LogP contribution in [0.4, 0.5) is 0 Å². The van der Waals surface area contributed by atoms with E-state index in [1.54, 1.807) is 0 Å². The molecule has 1 saturated carbocycles. The number of hydrogen-bond acceptors (Lipinski definition) is 2. The Morgan fingerprint density at radius 3 is 2.83 bits per heavy atom. The van der Waals surface area contributed by atoms with Gasteiger partial charge in [0.05, 0.1) is 0 Å². The normalized spacial score (nSPS) is 15.0. The van der Waals surface area contributed by atoms with E-state index in [1.807, 2.05) is 11.3 Å². The predicted octanol–water partition coefficient (Wildman–Crippen LogP) is 4.74. The van der Waals surface area contributed by atoms with Crippen LogP contribution in [0, 0.1) is 6.92 Å². The van der Waals surface area contributed by atoms with Gasteiger partial charge in [-0.1, -0.05) is 22.0 Å². The maximum absolute atomic E-state index is 3.56. The monoisotopic (exact) mass is 321 g/mol. The van der Waals surface area contributed by atoms with E-state index in [0.29, 0.717) is 0 Å². The van der Waals surface area contributed by atoms with Crippen molar-refractivity contribution in [3.63, 3.8) is 0 Å². The lowest BCUT2D eigenvalue weighted by atomic mass is 10.1. The van der Waals surface area contributed by atoms with Crippen molar-refractivity contribution in [1.82, 2.24) is 5.32 Å². The summed E-state index contributed by atoms with van der Waals surface area (Å²) in [5.74, 6) is 0. The van der Waals surface area contributed by atoms with Gasteiger partial charge in [-0.2, -0.15) is 0 Å². The van der Waals surface area contributed by atoms with Crippen LogP contribution in [0.5, 0.6) is 0 Å². The Bertz CT molecular complexity index is 557. The highest BCUT2D eigenvalue weighted by atomic mass is 79.9. The summed E-state index contributed by atoms with van der Waals surface area (Å²) in [4.78, 5) is 2.79. The zero-order valence-electron chi connectivity index (χ0n) is 10.4. The molecule has 18 heavy (non-hydrogen) atoms. The molecule has 1 aromatic carbocycles. The Kier molecular flexibility index (Phi) is 3.55. The van der Waals surface area contributed by atoms with Crippen molar-refractivity contribution in [3.05, 3.63) is 45.2 Å². The SMILES string of the molecule is Cc1cc(-c2ccc(CNC3CC3)s2)ccc1Br. The number of hydrogen-bond donors (Lipinski definition) is 1. The minimum atomic E-state index is 0.783. The fraction of sp³-hybridized carbons (Fsp3) is 0.333. The molecule has 3 rings (SSSR count). The number of aryl methyl sites for hydroxylation is 1. The van der Waals surface area contributed by atoms with E-state index in [9.17, 15) is 0 Å². The van der Waals surface area contributed by atoms with Crippen LogP contribution in [0.3, 0.4) is 0 Å². The van der Waals surface area contributed by atoms with Crippen molar-refractivity contribution in [1.29, 1.82) is 0 Å². The largest absolute Gasteiger partial charge is 0.309 e. The minimum Gasteiger partial charge on any atom is -0.309 e. The molecule has 1 aliphatic carbocycles. The fourth-order valence-corrected chi connectivity index (χ4v) is 3.16. The summed E-state index contributed by atoms with van der Waals surface area (Å²) >= 11 is 5.44. The quantitative estimate of drug-likeness (QED) is 0.857. The summed E-state index contributed by atoms with van der Waals surface area (Å²) in [7, 11) is 0. The summed E-state index contributed by atoms with van der Waals surface area (Å²) in [5, 5.41) is 3.56. The maximum Gasteiger partial charge on any atom is 0.0346 e. The average Bonchev–Trinajstić information content (AvgIpc) is 3.08. The number of nitrogens with one attached hydrogen (secondary N) is 1. The van der Waals surface area contributed by atoms with Crippen molar-refractivity contribution in [2.45, 2.75) is 32.4 Å². The van der Waals surface area contributed by atoms with Gasteiger partial charge in [0.15, 0.2) is 0 Å². The molecular formula is C15H16BrNS. The first-order valence-corrected chi connectivity index (χ1v) is 7.92. The van der Waals surface area contributed by atoms with Crippen LogP contribution < -0.4 is 5.32 Å². The molecule has 1 nitrogen and oxygen atoms in total. The Balaban J connectivity index is 1.76. The second kappa shape index (κ2) is 5.16. The third-order valence-corrected chi connectivity index (χ3v) is 5.27. The molecular weight excluding hydrogens is 306 g/mol. The van der Waals surface area contributed by atoms with Crippen molar-refractivity contribution >= 4 is 27.3 Å². The summed E-state index contributed by atoms with van der Waals surface area (Å²) in [5.41, 5.74) is 2.61. The van der Waals surface area contributed by atoms with Gasteiger partial charge >= 0.3 is 0 Å². The highest BCUT2D eigenvalue weighted by molar-refractivity contribution is 9.10. The molecule has 1 heterocycles. The molecule has 0 spiro atoms. The van der Waals surface area contributed by atoms with Gasteiger partial charge in [0.25, 0.3) is 0 Å². The highest BCUT2D eigenvalue weighted by Gasteiger charge is 2.20. The van der Waals surface area contributed by atoms with Gasteiger partial charge in [0.1, 0.15) is 0 Å². The Hall–Kier alpha value is -0.640. The molecule has 1 fully saturated rings. The summed E-state index contributed by atoms with van der Waals surface area (Å²) in [6.45, 7) is 3.15. The summed E-state index contributed by atoms with van der Waals surface area (Å²) in [6.07, 6.45) is 2.70. The maximum atomic E-state index is 3.56. The summed E-state index contributed by atoms with van der Waals surface area (Å²) < 4.78 is 1.18. The molecule has 0 saturated heterocycles. The zero-order valence-corrected chi connectivity index (χ0v) is 12.8. The van der Waals surface area contributed by atoms with Gasteiger partial charge in [-0.05, 0) is 55.2 Å². The number of halogens is 1. The van der Waals surface area contributed by atoms with Crippen LogP contribution >= 0.6 is 27.3 Å². The highest BCUT2D eigenvalue weighted by Crippen LogP contribution is 2.31. The lowest BCUT2D eigenvalue weighted by Gasteiger charge is -2.02. The third kappa shape index (κ3) is 2.85. The number of thiophene rings is 1. The average molecular weight is 322 g/mol. The van der Waals surface area contributed by atoms with Crippen molar-refractivity contribution in [2.24, 2.45) is 0 Å². The van der Waals surface area contributed by atoms with Crippen LogP contribution in [0.25, 0.3) is 10.4 Å². The van der Waals surface area contributed by atoms with Gasteiger partial charge in [-0.25, -0.2) is 0 Å². The molecule has 1 aromatic heterocycles. The first-order valence-electron chi connectivity index (χ1n) is 6.31. The van der Waals surface area contributed by atoms with Crippen LogP contribution in [0.2, 0.25) is 0 Å². The fourth-order valence-electron chi connectivity index (χ4n) is 1.96. The Morgan fingerprint density at radius 2 is 2.11 bits per heavy atom. The van der Waals surface area contributed by atoms with E-state index in [4.69, 9.17) is 0 Å². The van der Waals surface area contributed by atoms with E-state index >= 15 is 0 Å². The van der Waals surface area contributed by atoms with Gasteiger partial charge in [-0.3, -0.25) is 0 Å². The van der Waals surface area contributed by atoms with E-state index in [2.05, 4.69) is 58.5 Å². The molecule has 0 unspecified atom stereocenters. The first-order chi connectivity index (χ1) is 8.72. The molecule has 94 valence electrons. The van der Waals surface area contributed by atoms with Gasteiger partial charge < -0.3 is 5.32 Å². The van der Waals surface area contributed by atoms with Crippen molar-refractivity contribution in [3.8, 4) is 10.4 Å². The lowest BCUT2D eigenvalue weighted by molar-refractivity contribution is 0.695. The molecule has 0 aliphatic heterocycles. The van der Waals surface area contributed by atoms with Crippen LogP contribution in [-0.2, 0) is 6.54 Å². The van der Waals surface area contributed by atoms with Gasteiger partial charge in [-0.15, -0.1) is 11.3 Å². The molecule has 1 aliphatic rings. The topological polar surface area (TPSA) is 12.0 Å². The van der Waals surface area contributed by atoms with E-state index < -0.39 is 0 Å². The van der Waals surface area contributed by atoms with Crippen LogP contribution in [-0.4, -0.2) is 6.04 Å². The Labute approximate surface area is 120 Å². The lowest BCUT2D eigenvalue weighted by Crippen LogP contribution is -2.14. The van der Waals surface area contributed by atoms with Crippen LogP contribution in [0.1, 0.15) is 23.3 Å². The Morgan fingerprint density at radius 1 is 1.28 bits per heavy atom. The molecule has 3 heteroatoms. The molecule has 0 atom stereocenters. The van der Waals surface area contributed by atoms with Gasteiger partial charge in [0, 0.05) is 26.8 Å². The van der Waals surface area contributed by atoms with E-state index in [-0.39, 0.29) is 0 Å². The third-order valence-electron chi connectivity index (χ3n) is 3.25. The van der Waals surface area contributed by atoms with Crippen LogP contribution in [0.15, 0.2) is 34.8 Å². The smallest absolute Gasteiger partial charge is 0.0346 e. The van der Waals surface area contributed by atoms with Crippen molar-refractivity contribution in [2.75, 3.05) is 0 Å². The molecule has 2 aromatic rings. The van der Waals surface area contributed by atoms with Crippen molar-refractivity contribution < 1.29 is 0 Å². The molecule has 0 bridgehead atoms. The zero-order chi connectivity index (χ0) is 12.5. The second-order valence-corrected chi connectivity index (χ2v) is 6.91. The summed E-state index contributed by atoms with van der Waals surface area (Å²) in [6, 6.07) is 11.8. The first kappa shape index (κ1) is 12.4. The van der Waals surface area contributed by atoms with E-state index in [1.165, 1.54) is 38.2 Å². The van der Waals surface area contributed by atoms with E-state index in [0.717, 1.165) is 12.6 Å². The molecule has 0 radical (unpaired) electrons. The number of rotatable bonds is 4. The standard InChI is InChI=1S/C15H16BrNS/c1-10-8-11(2-6-14(10)16)15-7-5-13(18-15)9-17-12-3-4-12/h2,5-8,12,17H,3-4,9H2,1H3.